The van der Waals surface area contributed by atoms with Crippen molar-refractivity contribution in [2.24, 2.45) is 5.18 Å². The molecule has 0 N–H and O–H groups in total. The first-order valence-corrected chi connectivity index (χ1v) is 11.8. The zero-order valence-electron chi connectivity index (χ0n) is 19.5. The summed E-state index contributed by atoms with van der Waals surface area (Å²) in [6.07, 6.45) is 6.36. The zero-order chi connectivity index (χ0) is 22.9. The van der Waals surface area contributed by atoms with Gasteiger partial charge in [-0.3, -0.25) is 9.80 Å². The molecule has 0 saturated carbocycles. The van der Waals surface area contributed by atoms with Gasteiger partial charge in [0.25, 0.3) is 0 Å². The average molecular weight is 444 g/mol. The molecule has 1 saturated heterocycles. The lowest BCUT2D eigenvalue weighted by Crippen LogP contribution is -2.45. The third-order valence-corrected chi connectivity index (χ3v) is 6.44. The number of benzene rings is 3. The van der Waals surface area contributed by atoms with E-state index in [-0.39, 0.29) is 6.54 Å². The van der Waals surface area contributed by atoms with Gasteiger partial charge in [0, 0.05) is 39.3 Å². The first-order chi connectivity index (χ1) is 16.2. The van der Waals surface area contributed by atoms with E-state index in [1.807, 2.05) is 18.2 Å². The van der Waals surface area contributed by atoms with Gasteiger partial charge in [-0.15, -0.1) is 0 Å². The van der Waals surface area contributed by atoms with E-state index in [2.05, 4.69) is 69.6 Å². The Balaban J connectivity index is 1.20. The Kier molecular flexibility index (Phi) is 8.23. The summed E-state index contributed by atoms with van der Waals surface area (Å²) >= 11 is 0. The summed E-state index contributed by atoms with van der Waals surface area (Å²) in [6, 6.07) is 21.2. The third-order valence-electron chi connectivity index (χ3n) is 6.44. The quantitative estimate of drug-likeness (QED) is 0.310. The molecule has 0 aromatic heterocycles. The van der Waals surface area contributed by atoms with Crippen molar-refractivity contribution in [1.82, 2.24) is 9.80 Å². The van der Waals surface area contributed by atoms with Gasteiger partial charge in [0.05, 0.1) is 7.11 Å². The molecule has 33 heavy (non-hydrogen) atoms. The predicted molar refractivity (Wildman–Crippen MR) is 136 cm³/mol. The lowest BCUT2D eigenvalue weighted by molar-refractivity contribution is 0.137. The second-order valence-electron chi connectivity index (χ2n) is 8.69. The maximum atomic E-state index is 10.7. The van der Waals surface area contributed by atoms with Gasteiger partial charge in [-0.25, -0.2) is 0 Å². The van der Waals surface area contributed by atoms with Gasteiger partial charge in [0.2, 0.25) is 0 Å². The molecule has 0 unspecified atom stereocenters. The van der Waals surface area contributed by atoms with Crippen LogP contribution in [0, 0.1) is 4.91 Å². The molecule has 1 aliphatic heterocycles. The highest BCUT2D eigenvalue weighted by atomic mass is 16.5. The van der Waals surface area contributed by atoms with Crippen LogP contribution >= 0.6 is 0 Å². The number of nitrogens with zero attached hydrogens (tertiary/aromatic N) is 3. The van der Waals surface area contributed by atoms with Crippen molar-refractivity contribution < 1.29 is 4.74 Å². The molecule has 0 aliphatic carbocycles. The van der Waals surface area contributed by atoms with Gasteiger partial charge in [-0.1, -0.05) is 59.8 Å². The largest absolute Gasteiger partial charge is 0.497 e. The summed E-state index contributed by atoms with van der Waals surface area (Å²) < 4.78 is 5.32. The number of hydrogen-bond donors (Lipinski definition) is 0. The van der Waals surface area contributed by atoms with Crippen molar-refractivity contribution in [3.8, 4) is 5.75 Å². The standard InChI is InChI=1S/C28H33N3O2/c1-33-28-13-12-27(21-29-32)26(20-28)8-3-2-6-14-30-15-17-31(18-16-30)22-23-10-11-24-7-4-5-9-25(24)19-23/h2,4-7,9-13,19-20H,3,8,14-18,21-22H2,1H3. The van der Waals surface area contributed by atoms with Gasteiger partial charge < -0.3 is 4.74 Å². The van der Waals surface area contributed by atoms with Crippen LogP contribution in [-0.2, 0) is 19.5 Å². The van der Waals surface area contributed by atoms with Gasteiger partial charge in [-0.2, -0.15) is 4.91 Å². The van der Waals surface area contributed by atoms with Crippen LogP contribution in [0.4, 0.5) is 0 Å². The Morgan fingerprint density at radius 1 is 0.879 bits per heavy atom. The first-order valence-electron chi connectivity index (χ1n) is 11.8. The van der Waals surface area contributed by atoms with Crippen LogP contribution in [0.15, 0.2) is 78.0 Å². The number of ether oxygens (including phenoxy) is 1. The minimum Gasteiger partial charge on any atom is -0.497 e. The Bertz CT molecular complexity index is 1090. The second-order valence-corrected chi connectivity index (χ2v) is 8.69. The number of methoxy groups -OCH3 is 1. The Morgan fingerprint density at radius 2 is 1.67 bits per heavy atom. The lowest BCUT2D eigenvalue weighted by Gasteiger charge is -2.34. The van der Waals surface area contributed by atoms with E-state index in [0.29, 0.717) is 0 Å². The van der Waals surface area contributed by atoms with E-state index in [9.17, 15) is 4.91 Å². The maximum Gasteiger partial charge on any atom is 0.119 e. The highest BCUT2D eigenvalue weighted by molar-refractivity contribution is 5.82. The first kappa shape index (κ1) is 23.1. The molecule has 5 heteroatoms. The number of rotatable bonds is 10. The molecule has 0 atom stereocenters. The predicted octanol–water partition coefficient (Wildman–Crippen LogP) is 5.42. The number of hydrogen-bond acceptors (Lipinski definition) is 5. The topological polar surface area (TPSA) is 45.1 Å². The highest BCUT2D eigenvalue weighted by Crippen LogP contribution is 2.20. The molecule has 0 spiro atoms. The van der Waals surface area contributed by atoms with Crippen LogP contribution in [-0.4, -0.2) is 49.6 Å². The van der Waals surface area contributed by atoms with Crippen molar-refractivity contribution in [3.05, 3.63) is 94.4 Å². The molecule has 1 aliphatic rings. The van der Waals surface area contributed by atoms with Gasteiger partial charge in [-0.05, 0) is 58.5 Å². The lowest BCUT2D eigenvalue weighted by atomic mass is 10.0. The molecule has 0 bridgehead atoms. The molecule has 3 aromatic carbocycles. The van der Waals surface area contributed by atoms with E-state index in [0.717, 1.165) is 69.0 Å². The summed E-state index contributed by atoms with van der Waals surface area (Å²) in [5.74, 6) is 0.824. The minimum absolute atomic E-state index is 0.215. The molecule has 1 heterocycles. The SMILES string of the molecule is COc1ccc(CN=O)c(CCC=CCN2CCN(Cc3ccc4ccccc4c3)CC2)c1. The normalized spacial score (nSPS) is 15.3. The van der Waals surface area contributed by atoms with E-state index in [1.165, 1.54) is 16.3 Å². The van der Waals surface area contributed by atoms with Crippen LogP contribution in [0.25, 0.3) is 10.8 Å². The second kappa shape index (κ2) is 11.7. The van der Waals surface area contributed by atoms with Crippen molar-refractivity contribution in [1.29, 1.82) is 0 Å². The van der Waals surface area contributed by atoms with Crippen LogP contribution < -0.4 is 4.74 Å². The van der Waals surface area contributed by atoms with Crippen LogP contribution in [0.2, 0.25) is 0 Å². The van der Waals surface area contributed by atoms with Crippen LogP contribution in [0.3, 0.4) is 0 Å². The summed E-state index contributed by atoms with van der Waals surface area (Å²) in [5.41, 5.74) is 3.52. The van der Waals surface area contributed by atoms with E-state index in [4.69, 9.17) is 4.74 Å². The van der Waals surface area contributed by atoms with Crippen molar-refractivity contribution >= 4 is 10.8 Å². The fraction of sp³-hybridized carbons (Fsp3) is 0.357. The van der Waals surface area contributed by atoms with E-state index >= 15 is 0 Å². The van der Waals surface area contributed by atoms with Gasteiger partial charge >= 0.3 is 0 Å². The van der Waals surface area contributed by atoms with Gasteiger partial charge in [0.1, 0.15) is 12.3 Å². The van der Waals surface area contributed by atoms with Crippen molar-refractivity contribution in [2.45, 2.75) is 25.9 Å². The molecule has 1 fully saturated rings. The number of nitroso groups, excluding NO2 is 1. The van der Waals surface area contributed by atoms with Crippen LogP contribution in [0.5, 0.6) is 5.75 Å². The molecule has 0 radical (unpaired) electrons. The summed E-state index contributed by atoms with van der Waals surface area (Å²) in [7, 11) is 1.66. The third kappa shape index (κ3) is 6.50. The number of aryl methyl sites for hydroxylation is 1. The Morgan fingerprint density at radius 3 is 2.45 bits per heavy atom. The van der Waals surface area contributed by atoms with Crippen molar-refractivity contribution in [2.75, 3.05) is 39.8 Å². The average Bonchev–Trinajstić information content (AvgIpc) is 2.86. The summed E-state index contributed by atoms with van der Waals surface area (Å²) in [5, 5.41) is 5.68. The highest BCUT2D eigenvalue weighted by Gasteiger charge is 2.16. The van der Waals surface area contributed by atoms with Crippen LogP contribution in [0.1, 0.15) is 23.1 Å². The molecule has 5 nitrogen and oxygen atoms in total. The molecular weight excluding hydrogens is 410 g/mol. The Labute approximate surface area is 196 Å². The molecule has 3 aromatic rings. The minimum atomic E-state index is 0.215. The summed E-state index contributed by atoms with van der Waals surface area (Å²) in [6.45, 7) is 6.63. The Hall–Kier alpha value is -3.02. The fourth-order valence-corrected chi connectivity index (χ4v) is 4.49. The van der Waals surface area contributed by atoms with Gasteiger partial charge in [0.15, 0.2) is 0 Å². The summed E-state index contributed by atoms with van der Waals surface area (Å²) in [4.78, 5) is 15.8. The molecule has 0 amide bonds. The molecule has 172 valence electrons. The smallest absolute Gasteiger partial charge is 0.119 e. The molecule has 4 rings (SSSR count). The maximum absolute atomic E-state index is 10.7. The van der Waals surface area contributed by atoms with E-state index in [1.54, 1.807) is 7.11 Å². The van der Waals surface area contributed by atoms with E-state index < -0.39 is 0 Å². The molecular formula is C28H33N3O2. The number of fused-ring (bicyclic) bond motifs is 1. The number of allylic oxidation sites excluding steroid dienone is 1. The zero-order valence-corrected chi connectivity index (χ0v) is 19.5. The van der Waals surface area contributed by atoms with Crippen molar-refractivity contribution in [3.63, 3.8) is 0 Å². The monoisotopic (exact) mass is 443 g/mol. The number of piperazine rings is 1. The fourth-order valence-electron chi connectivity index (χ4n) is 4.49.